The van der Waals surface area contributed by atoms with Crippen LogP contribution in [0.5, 0.6) is 0 Å². The molecule has 4 rings (SSSR count). The zero-order valence-electron chi connectivity index (χ0n) is 15.6. The first kappa shape index (κ1) is 18.8. The van der Waals surface area contributed by atoms with E-state index in [1.54, 1.807) is 24.7 Å². The highest BCUT2D eigenvalue weighted by Crippen LogP contribution is 2.27. The van der Waals surface area contributed by atoms with Gasteiger partial charge in [0.05, 0.1) is 22.0 Å². The first-order valence-corrected chi connectivity index (χ1v) is 9.40. The zero-order chi connectivity index (χ0) is 20.2. The van der Waals surface area contributed by atoms with Crippen LogP contribution in [0.1, 0.15) is 15.9 Å². The molecule has 2 aromatic carbocycles. The molecule has 0 unspecified atom stereocenters. The lowest BCUT2D eigenvalue weighted by Crippen LogP contribution is -2.15. The molecular formula is C23H17ClN4O. The number of pyridine rings is 1. The average molecular weight is 401 g/mol. The first-order valence-electron chi connectivity index (χ1n) is 9.02. The smallest absolute Gasteiger partial charge is 0.259 e. The predicted octanol–water partition coefficient (Wildman–Crippen LogP) is 5.42. The third-order valence-corrected chi connectivity index (χ3v) is 4.72. The van der Waals surface area contributed by atoms with Crippen LogP contribution in [0.15, 0.2) is 79.3 Å². The Labute approximate surface area is 173 Å². The maximum atomic E-state index is 13.1. The van der Waals surface area contributed by atoms with E-state index in [1.165, 1.54) is 0 Å². The van der Waals surface area contributed by atoms with Crippen LogP contribution in [0.25, 0.3) is 22.6 Å². The van der Waals surface area contributed by atoms with Gasteiger partial charge in [-0.25, -0.2) is 9.97 Å². The predicted molar refractivity (Wildman–Crippen MR) is 115 cm³/mol. The van der Waals surface area contributed by atoms with Gasteiger partial charge in [-0.3, -0.25) is 9.78 Å². The van der Waals surface area contributed by atoms with Crippen LogP contribution >= 0.6 is 11.6 Å². The van der Waals surface area contributed by atoms with Gasteiger partial charge in [-0.05, 0) is 36.8 Å². The highest BCUT2D eigenvalue weighted by atomic mass is 35.5. The minimum Gasteiger partial charge on any atom is -0.321 e. The SMILES string of the molecule is Cc1ccc(Cl)c(NC(=O)c2cnc(-c3ccccc3)nc2-c2ccncc2)c1. The van der Waals surface area contributed by atoms with Crippen LogP contribution < -0.4 is 5.32 Å². The number of aryl methyl sites for hydroxylation is 1. The van der Waals surface area contributed by atoms with Crippen LogP contribution in [0.4, 0.5) is 5.69 Å². The minimum absolute atomic E-state index is 0.330. The Hall–Kier alpha value is -3.57. The molecule has 0 aliphatic heterocycles. The van der Waals surface area contributed by atoms with Crippen molar-refractivity contribution in [2.24, 2.45) is 0 Å². The van der Waals surface area contributed by atoms with Crippen molar-refractivity contribution in [2.75, 3.05) is 5.32 Å². The number of benzene rings is 2. The monoisotopic (exact) mass is 400 g/mol. The van der Waals surface area contributed by atoms with E-state index in [1.807, 2.05) is 61.5 Å². The average Bonchev–Trinajstić information content (AvgIpc) is 2.77. The van der Waals surface area contributed by atoms with Crippen molar-refractivity contribution in [3.8, 4) is 22.6 Å². The molecule has 0 aliphatic carbocycles. The van der Waals surface area contributed by atoms with Gasteiger partial charge in [0.15, 0.2) is 5.82 Å². The Morgan fingerprint density at radius 3 is 2.48 bits per heavy atom. The van der Waals surface area contributed by atoms with Gasteiger partial charge in [-0.2, -0.15) is 0 Å². The summed E-state index contributed by atoms with van der Waals surface area (Å²) in [6.45, 7) is 1.94. The molecule has 1 amide bonds. The summed E-state index contributed by atoms with van der Waals surface area (Å²) in [7, 11) is 0. The third kappa shape index (κ3) is 4.15. The molecule has 142 valence electrons. The summed E-state index contributed by atoms with van der Waals surface area (Å²) in [4.78, 5) is 26.2. The number of anilines is 1. The van der Waals surface area contributed by atoms with Gasteiger partial charge in [0.25, 0.3) is 5.91 Å². The number of amides is 1. The highest BCUT2D eigenvalue weighted by molar-refractivity contribution is 6.34. The molecule has 0 atom stereocenters. The quantitative estimate of drug-likeness (QED) is 0.496. The zero-order valence-corrected chi connectivity index (χ0v) is 16.4. The number of aromatic nitrogens is 3. The highest BCUT2D eigenvalue weighted by Gasteiger charge is 2.18. The number of halogens is 1. The van der Waals surface area contributed by atoms with Crippen LogP contribution in [-0.4, -0.2) is 20.9 Å². The van der Waals surface area contributed by atoms with E-state index in [9.17, 15) is 4.79 Å². The Morgan fingerprint density at radius 1 is 0.966 bits per heavy atom. The Kier molecular flexibility index (Phi) is 5.31. The fourth-order valence-corrected chi connectivity index (χ4v) is 3.09. The number of carbonyl (C=O) groups is 1. The second kappa shape index (κ2) is 8.20. The molecule has 1 N–H and O–H groups in total. The van der Waals surface area contributed by atoms with E-state index >= 15 is 0 Å². The van der Waals surface area contributed by atoms with Crippen LogP contribution in [0.2, 0.25) is 5.02 Å². The van der Waals surface area contributed by atoms with Gasteiger partial charge in [0, 0.05) is 29.7 Å². The molecule has 6 heteroatoms. The normalized spacial score (nSPS) is 10.6. The molecule has 0 spiro atoms. The summed E-state index contributed by atoms with van der Waals surface area (Å²) in [6.07, 6.45) is 4.88. The maximum absolute atomic E-state index is 13.1. The van der Waals surface area contributed by atoms with Crippen molar-refractivity contribution in [3.05, 3.63) is 95.4 Å². The number of nitrogens with one attached hydrogen (secondary N) is 1. The van der Waals surface area contributed by atoms with Crippen molar-refractivity contribution in [2.45, 2.75) is 6.92 Å². The molecular weight excluding hydrogens is 384 g/mol. The fraction of sp³-hybridized carbons (Fsp3) is 0.0435. The van der Waals surface area contributed by atoms with E-state index in [4.69, 9.17) is 11.6 Å². The fourth-order valence-electron chi connectivity index (χ4n) is 2.93. The van der Waals surface area contributed by atoms with Gasteiger partial charge in [0.1, 0.15) is 0 Å². The van der Waals surface area contributed by atoms with E-state index in [2.05, 4.69) is 20.3 Å². The van der Waals surface area contributed by atoms with E-state index in [0.717, 1.165) is 16.7 Å². The summed E-state index contributed by atoms with van der Waals surface area (Å²) in [5, 5.41) is 3.34. The van der Waals surface area contributed by atoms with Crippen molar-refractivity contribution in [3.63, 3.8) is 0 Å². The van der Waals surface area contributed by atoms with Gasteiger partial charge in [-0.15, -0.1) is 0 Å². The number of rotatable bonds is 4. The van der Waals surface area contributed by atoms with Gasteiger partial charge in [-0.1, -0.05) is 48.0 Å². The molecule has 0 aliphatic rings. The lowest BCUT2D eigenvalue weighted by molar-refractivity contribution is 0.102. The molecule has 0 fully saturated rings. The number of hydrogen-bond donors (Lipinski definition) is 1. The summed E-state index contributed by atoms with van der Waals surface area (Å²) in [5.74, 6) is 0.214. The summed E-state index contributed by atoms with van der Waals surface area (Å²) in [6, 6.07) is 18.7. The van der Waals surface area contributed by atoms with Crippen molar-refractivity contribution >= 4 is 23.2 Å². The maximum Gasteiger partial charge on any atom is 0.259 e. The summed E-state index contributed by atoms with van der Waals surface area (Å²) >= 11 is 6.24. The Morgan fingerprint density at radius 2 is 1.72 bits per heavy atom. The van der Waals surface area contributed by atoms with Crippen LogP contribution in [0.3, 0.4) is 0 Å². The van der Waals surface area contributed by atoms with Crippen LogP contribution in [-0.2, 0) is 0 Å². The second-order valence-electron chi connectivity index (χ2n) is 6.50. The van der Waals surface area contributed by atoms with Crippen LogP contribution in [0, 0.1) is 6.92 Å². The molecule has 4 aromatic rings. The Bertz CT molecular complexity index is 1160. The van der Waals surface area contributed by atoms with Crippen molar-refractivity contribution < 1.29 is 4.79 Å². The number of nitrogens with zero attached hydrogens (tertiary/aromatic N) is 3. The molecule has 2 aromatic heterocycles. The number of carbonyl (C=O) groups excluding carboxylic acids is 1. The second-order valence-corrected chi connectivity index (χ2v) is 6.90. The van der Waals surface area contributed by atoms with Crippen molar-refractivity contribution in [1.82, 2.24) is 15.0 Å². The molecule has 0 saturated heterocycles. The van der Waals surface area contributed by atoms with Gasteiger partial charge < -0.3 is 5.32 Å². The molecule has 2 heterocycles. The molecule has 5 nitrogen and oxygen atoms in total. The van der Waals surface area contributed by atoms with E-state index < -0.39 is 0 Å². The van der Waals surface area contributed by atoms with E-state index in [-0.39, 0.29) is 5.91 Å². The summed E-state index contributed by atoms with van der Waals surface area (Å²) in [5.41, 5.74) is 4.08. The third-order valence-electron chi connectivity index (χ3n) is 4.39. The minimum atomic E-state index is -0.330. The lowest BCUT2D eigenvalue weighted by atomic mass is 10.1. The van der Waals surface area contributed by atoms with Crippen molar-refractivity contribution in [1.29, 1.82) is 0 Å². The molecule has 0 radical (unpaired) electrons. The number of hydrogen-bond acceptors (Lipinski definition) is 4. The molecule has 0 saturated carbocycles. The topological polar surface area (TPSA) is 67.8 Å². The van der Waals surface area contributed by atoms with Gasteiger partial charge in [0.2, 0.25) is 0 Å². The first-order chi connectivity index (χ1) is 14.1. The summed E-state index contributed by atoms with van der Waals surface area (Å²) < 4.78 is 0. The molecule has 29 heavy (non-hydrogen) atoms. The lowest BCUT2D eigenvalue weighted by Gasteiger charge is -2.12. The Balaban J connectivity index is 1.78. The van der Waals surface area contributed by atoms with E-state index in [0.29, 0.717) is 27.8 Å². The van der Waals surface area contributed by atoms with Gasteiger partial charge >= 0.3 is 0 Å². The molecule has 0 bridgehead atoms. The largest absolute Gasteiger partial charge is 0.321 e. The standard InChI is InChI=1S/C23H17ClN4O/c1-15-7-8-19(24)20(13-15)27-23(29)18-14-26-22(17-5-3-2-4-6-17)28-21(18)16-9-11-25-12-10-16/h2-14H,1H3,(H,27,29).